The lowest BCUT2D eigenvalue weighted by atomic mass is 10.0. The van der Waals surface area contributed by atoms with E-state index < -0.39 is 0 Å². The number of carbonyl (C=O) groups excluding carboxylic acids is 1. The Balaban J connectivity index is 0. The summed E-state index contributed by atoms with van der Waals surface area (Å²) in [6.45, 7) is 8.06. The van der Waals surface area contributed by atoms with E-state index in [-0.39, 0.29) is 5.91 Å². The smallest absolute Gasteiger partial charge is 0.217 e. The first-order valence-corrected chi connectivity index (χ1v) is 11.6. The number of carbonyl (C=O) groups is 1. The van der Waals surface area contributed by atoms with Gasteiger partial charge >= 0.3 is 0 Å². The number of hydrogen-bond acceptors (Lipinski definition) is 1. The summed E-state index contributed by atoms with van der Waals surface area (Å²) in [6.07, 6.45) is 26.6. The van der Waals surface area contributed by atoms with Gasteiger partial charge < -0.3 is 5.73 Å². The molecule has 1 amide bonds. The lowest BCUT2D eigenvalue weighted by Crippen LogP contribution is -2.09. The van der Waals surface area contributed by atoms with Crippen molar-refractivity contribution in [3.05, 3.63) is 12.7 Å². The molecule has 2 heteroatoms. The highest BCUT2D eigenvalue weighted by Crippen LogP contribution is 2.13. The predicted octanol–water partition coefficient (Wildman–Crippen LogP) is 8.10. The van der Waals surface area contributed by atoms with Gasteiger partial charge in [0, 0.05) is 6.42 Å². The Morgan fingerprint density at radius 1 is 0.654 bits per heavy atom. The Morgan fingerprint density at radius 2 is 1.00 bits per heavy atom. The SMILES string of the molecule is C=CCCCC.CCCCCCCCCCCCCCCCCC(N)=O. The van der Waals surface area contributed by atoms with E-state index in [0.717, 1.165) is 6.42 Å². The Labute approximate surface area is 165 Å². The molecule has 0 rings (SSSR count). The van der Waals surface area contributed by atoms with Crippen LogP contribution in [0.1, 0.15) is 136 Å². The number of allylic oxidation sites excluding steroid dienone is 1. The Morgan fingerprint density at radius 3 is 1.27 bits per heavy atom. The number of amides is 1. The number of nitrogens with two attached hydrogens (primary N) is 1. The van der Waals surface area contributed by atoms with Gasteiger partial charge in [0.05, 0.1) is 0 Å². The van der Waals surface area contributed by atoms with Crippen LogP contribution in [0.3, 0.4) is 0 Å². The summed E-state index contributed by atoms with van der Waals surface area (Å²) in [4.78, 5) is 10.6. The quantitative estimate of drug-likeness (QED) is 0.182. The highest BCUT2D eigenvalue weighted by atomic mass is 16.1. The van der Waals surface area contributed by atoms with E-state index in [1.54, 1.807) is 0 Å². The first-order valence-electron chi connectivity index (χ1n) is 11.6. The fraction of sp³-hybridized carbons (Fsp3) is 0.875. The van der Waals surface area contributed by atoms with Gasteiger partial charge in [-0.05, 0) is 12.8 Å². The Bertz CT molecular complexity index is 275. The first kappa shape index (κ1) is 27.4. The summed E-state index contributed by atoms with van der Waals surface area (Å²) >= 11 is 0. The maximum atomic E-state index is 10.6. The molecule has 0 aliphatic heterocycles. The van der Waals surface area contributed by atoms with Crippen molar-refractivity contribution in [1.82, 2.24) is 0 Å². The van der Waals surface area contributed by atoms with Gasteiger partial charge in [0.25, 0.3) is 0 Å². The van der Waals surface area contributed by atoms with Crippen LogP contribution in [0.4, 0.5) is 0 Å². The standard InChI is InChI=1S/C18H37NO.C6H12/c1-2-3-4-5-6-7-8-9-10-11-12-13-14-15-16-17-18(19)20;1-3-5-6-4-2/h2-17H2,1H3,(H2,19,20);3H,1,4-6H2,2H3. The fourth-order valence-corrected chi connectivity index (χ4v) is 3.02. The average molecular weight is 368 g/mol. The van der Waals surface area contributed by atoms with Gasteiger partial charge in [0.2, 0.25) is 5.91 Å². The monoisotopic (exact) mass is 367 g/mol. The molecule has 0 atom stereocenters. The molecule has 0 saturated carbocycles. The Kier molecular flexibility index (Phi) is 27.9. The average Bonchev–Trinajstić information content (AvgIpc) is 2.63. The number of unbranched alkanes of at least 4 members (excludes halogenated alkanes) is 16. The van der Waals surface area contributed by atoms with Crippen LogP contribution in [0.15, 0.2) is 12.7 Å². The summed E-state index contributed by atoms with van der Waals surface area (Å²) in [5.41, 5.74) is 5.11. The van der Waals surface area contributed by atoms with Crippen molar-refractivity contribution in [3.8, 4) is 0 Å². The molecular formula is C24H49NO. The van der Waals surface area contributed by atoms with Gasteiger partial charge in [-0.15, -0.1) is 6.58 Å². The molecule has 0 aromatic rings. The van der Waals surface area contributed by atoms with Gasteiger partial charge in [-0.2, -0.15) is 0 Å². The van der Waals surface area contributed by atoms with Crippen LogP contribution in [0.5, 0.6) is 0 Å². The van der Waals surface area contributed by atoms with Crippen molar-refractivity contribution in [1.29, 1.82) is 0 Å². The van der Waals surface area contributed by atoms with Gasteiger partial charge in [0.1, 0.15) is 0 Å². The van der Waals surface area contributed by atoms with E-state index in [9.17, 15) is 4.79 Å². The molecule has 0 fully saturated rings. The van der Waals surface area contributed by atoms with Crippen LogP contribution < -0.4 is 5.73 Å². The van der Waals surface area contributed by atoms with Crippen LogP contribution in [-0.4, -0.2) is 5.91 Å². The van der Waals surface area contributed by atoms with Gasteiger partial charge in [-0.3, -0.25) is 4.79 Å². The first-order chi connectivity index (χ1) is 12.7. The summed E-state index contributed by atoms with van der Waals surface area (Å²) in [5, 5.41) is 0. The minimum atomic E-state index is -0.153. The van der Waals surface area contributed by atoms with Crippen LogP contribution in [-0.2, 0) is 4.79 Å². The highest BCUT2D eigenvalue weighted by Gasteiger charge is 1.96. The zero-order valence-electron chi connectivity index (χ0n) is 18.2. The third-order valence-corrected chi connectivity index (χ3v) is 4.79. The van der Waals surface area contributed by atoms with E-state index in [1.807, 2.05) is 6.08 Å². The summed E-state index contributed by atoms with van der Waals surface area (Å²) in [5.74, 6) is -0.153. The summed E-state index contributed by atoms with van der Waals surface area (Å²) in [6, 6.07) is 0. The molecular weight excluding hydrogens is 318 g/mol. The minimum Gasteiger partial charge on any atom is -0.370 e. The molecule has 0 aromatic carbocycles. The molecule has 0 saturated heterocycles. The number of rotatable bonds is 19. The zero-order chi connectivity index (χ0) is 19.7. The predicted molar refractivity (Wildman–Crippen MR) is 118 cm³/mol. The molecule has 0 heterocycles. The summed E-state index contributed by atoms with van der Waals surface area (Å²) < 4.78 is 0. The maximum absolute atomic E-state index is 10.6. The van der Waals surface area contributed by atoms with Crippen LogP contribution in [0.25, 0.3) is 0 Å². The molecule has 0 radical (unpaired) electrons. The lowest BCUT2D eigenvalue weighted by molar-refractivity contribution is -0.118. The topological polar surface area (TPSA) is 43.1 Å². The van der Waals surface area contributed by atoms with Crippen molar-refractivity contribution in [2.24, 2.45) is 5.73 Å². The van der Waals surface area contributed by atoms with Crippen LogP contribution in [0.2, 0.25) is 0 Å². The normalized spacial score (nSPS) is 10.2. The maximum Gasteiger partial charge on any atom is 0.217 e. The fourth-order valence-electron chi connectivity index (χ4n) is 3.02. The second-order valence-corrected chi connectivity index (χ2v) is 7.60. The van der Waals surface area contributed by atoms with Gasteiger partial charge in [-0.1, -0.05) is 123 Å². The van der Waals surface area contributed by atoms with E-state index in [1.165, 1.54) is 109 Å². The van der Waals surface area contributed by atoms with E-state index >= 15 is 0 Å². The molecule has 0 aromatic heterocycles. The largest absolute Gasteiger partial charge is 0.370 e. The van der Waals surface area contributed by atoms with Crippen molar-refractivity contribution in [2.45, 2.75) is 136 Å². The molecule has 0 unspecified atom stereocenters. The minimum absolute atomic E-state index is 0.153. The third kappa shape index (κ3) is 31.0. The number of hydrogen-bond donors (Lipinski definition) is 1. The molecule has 0 bridgehead atoms. The zero-order valence-corrected chi connectivity index (χ0v) is 18.2. The molecule has 0 spiro atoms. The lowest BCUT2D eigenvalue weighted by Gasteiger charge is -2.03. The highest BCUT2D eigenvalue weighted by molar-refractivity contribution is 5.73. The van der Waals surface area contributed by atoms with Crippen LogP contribution >= 0.6 is 0 Å². The van der Waals surface area contributed by atoms with E-state index in [4.69, 9.17) is 5.73 Å². The molecule has 156 valence electrons. The van der Waals surface area contributed by atoms with Crippen molar-refractivity contribution < 1.29 is 4.79 Å². The Hall–Kier alpha value is -0.790. The molecule has 2 N–H and O–H groups in total. The van der Waals surface area contributed by atoms with Crippen molar-refractivity contribution in [2.75, 3.05) is 0 Å². The van der Waals surface area contributed by atoms with Crippen molar-refractivity contribution >= 4 is 5.91 Å². The molecule has 2 nitrogen and oxygen atoms in total. The van der Waals surface area contributed by atoms with E-state index in [0.29, 0.717) is 6.42 Å². The van der Waals surface area contributed by atoms with Crippen LogP contribution in [0, 0.1) is 0 Å². The second-order valence-electron chi connectivity index (χ2n) is 7.60. The molecule has 26 heavy (non-hydrogen) atoms. The number of primary amides is 1. The van der Waals surface area contributed by atoms with Crippen molar-refractivity contribution in [3.63, 3.8) is 0 Å². The molecule has 0 aliphatic carbocycles. The summed E-state index contributed by atoms with van der Waals surface area (Å²) in [7, 11) is 0. The third-order valence-electron chi connectivity index (χ3n) is 4.79. The van der Waals surface area contributed by atoms with Gasteiger partial charge in [-0.25, -0.2) is 0 Å². The van der Waals surface area contributed by atoms with Gasteiger partial charge in [0.15, 0.2) is 0 Å². The second kappa shape index (κ2) is 26.4. The van der Waals surface area contributed by atoms with E-state index in [2.05, 4.69) is 20.4 Å². The molecule has 0 aliphatic rings.